The van der Waals surface area contributed by atoms with Crippen molar-refractivity contribution in [1.82, 2.24) is 29.9 Å². The second-order valence-corrected chi connectivity index (χ2v) is 12.6. The number of rotatable bonds is 9. The quantitative estimate of drug-likeness (QED) is 0.184. The van der Waals surface area contributed by atoms with Gasteiger partial charge in [-0.1, -0.05) is 35.5 Å². The molecule has 13 heteroatoms. The summed E-state index contributed by atoms with van der Waals surface area (Å²) in [5.41, 5.74) is 0.753. The van der Waals surface area contributed by atoms with Crippen molar-refractivity contribution in [3.8, 4) is 11.5 Å². The van der Waals surface area contributed by atoms with E-state index in [1.807, 2.05) is 30.3 Å². The van der Waals surface area contributed by atoms with Gasteiger partial charge in [0.15, 0.2) is 5.82 Å². The van der Waals surface area contributed by atoms with E-state index < -0.39 is 24.3 Å². The number of amides is 1. The number of carbonyl (C=O) groups is 1. The molecule has 0 radical (unpaired) electrons. The minimum atomic E-state index is -1.65. The molecule has 2 aromatic heterocycles. The number of nitrogens with one attached hydrogen (secondary N) is 2. The Labute approximate surface area is 266 Å². The van der Waals surface area contributed by atoms with Crippen molar-refractivity contribution in [1.29, 1.82) is 0 Å². The van der Waals surface area contributed by atoms with Crippen LogP contribution in [0.2, 0.25) is 0 Å². The maximum absolute atomic E-state index is 12.9. The van der Waals surface area contributed by atoms with Gasteiger partial charge in [-0.15, -0.1) is 0 Å². The molecule has 3 saturated heterocycles. The largest absolute Gasteiger partial charge is 0.394 e. The fourth-order valence-corrected chi connectivity index (χ4v) is 6.93. The summed E-state index contributed by atoms with van der Waals surface area (Å²) in [5, 5.41) is 42.8. The second kappa shape index (κ2) is 11.7. The number of likely N-dealkylation sites (N-methyl/N-ethyl adjacent to an activating group) is 1. The first-order chi connectivity index (χ1) is 22.2. The van der Waals surface area contributed by atoms with E-state index in [-0.39, 0.29) is 29.8 Å². The molecule has 3 fully saturated rings. The van der Waals surface area contributed by atoms with Gasteiger partial charge >= 0.3 is 0 Å². The maximum atomic E-state index is 12.9. The van der Waals surface area contributed by atoms with Crippen LogP contribution >= 0.6 is 0 Å². The lowest BCUT2D eigenvalue weighted by Gasteiger charge is -2.46. The zero-order chi connectivity index (χ0) is 32.1. The fraction of sp³-hybridized carbons (Fsp3) is 0.424. The Morgan fingerprint density at radius 3 is 2.48 bits per heavy atom. The van der Waals surface area contributed by atoms with Crippen LogP contribution in [0.5, 0.6) is 0 Å². The van der Waals surface area contributed by atoms with E-state index in [2.05, 4.69) is 25.7 Å². The van der Waals surface area contributed by atoms with Crippen molar-refractivity contribution in [2.45, 2.75) is 49.3 Å². The van der Waals surface area contributed by atoms with Gasteiger partial charge < -0.3 is 40.3 Å². The summed E-state index contributed by atoms with van der Waals surface area (Å²) >= 11 is 0. The van der Waals surface area contributed by atoms with Gasteiger partial charge in [0.25, 0.3) is 11.8 Å². The van der Waals surface area contributed by atoms with Crippen LogP contribution in [0.15, 0.2) is 59.3 Å². The number of benzene rings is 2. The van der Waals surface area contributed by atoms with E-state index in [1.54, 1.807) is 38.4 Å². The van der Waals surface area contributed by atoms with Gasteiger partial charge in [0.1, 0.15) is 17.0 Å². The Hall–Kier alpha value is -4.43. The van der Waals surface area contributed by atoms with Gasteiger partial charge in [0.2, 0.25) is 5.95 Å². The number of hydrogen-bond donors (Lipinski definition) is 5. The standard InChI is InChI=1S/C33H38N8O5/c1-20-33(45,19-43)25-16-22(8-9-23(25)29(44)40(20)2)35-31-34-17-24(27(37-31)36-26(18-42)21-6-4-3-5-7-21)28-38-30(39-46-28)32-10-13-41(14-11-32)15-12-32/h3-9,16-17,20,26,42-43,45H,10-15,18-19H2,1-2H3,(H2,34,35,36,37)/t20?,26-,33?/m1/s1. The number of carbonyl (C=O) groups excluding carboxylic acids is 1. The van der Waals surface area contributed by atoms with Crippen LogP contribution in [0.1, 0.15) is 59.5 Å². The number of aliphatic hydroxyl groups is 3. The van der Waals surface area contributed by atoms with E-state index in [0.29, 0.717) is 34.0 Å². The molecular weight excluding hydrogens is 588 g/mol. The summed E-state index contributed by atoms with van der Waals surface area (Å²) in [4.78, 5) is 31.0. The molecule has 2 bridgehead atoms. The van der Waals surface area contributed by atoms with E-state index in [1.165, 1.54) is 4.90 Å². The zero-order valence-electron chi connectivity index (χ0n) is 25.8. The smallest absolute Gasteiger partial charge is 0.263 e. The maximum Gasteiger partial charge on any atom is 0.263 e. The first-order valence-electron chi connectivity index (χ1n) is 15.6. The normalized spacial score (nSPS) is 26.1. The fourth-order valence-electron chi connectivity index (χ4n) is 6.93. The van der Waals surface area contributed by atoms with Crippen LogP contribution in [-0.2, 0) is 11.0 Å². The molecule has 8 rings (SSSR count). The third-order valence-corrected chi connectivity index (χ3v) is 10.1. The summed E-state index contributed by atoms with van der Waals surface area (Å²) in [5.74, 6) is 1.34. The molecule has 0 saturated carbocycles. The topological polar surface area (TPSA) is 173 Å². The highest BCUT2D eigenvalue weighted by atomic mass is 16.5. The van der Waals surface area contributed by atoms with Crippen LogP contribution < -0.4 is 10.6 Å². The Balaban J connectivity index is 1.24. The van der Waals surface area contributed by atoms with Crippen molar-refractivity contribution in [3.05, 3.63) is 77.2 Å². The SMILES string of the molecule is CC1N(C)C(=O)c2ccc(Nc3ncc(-c4nc(C56CCN(CC5)CC6)no4)c(N[C@H](CO)c4ccccc4)n3)cc2C1(O)CO. The molecule has 5 N–H and O–H groups in total. The van der Waals surface area contributed by atoms with Crippen molar-refractivity contribution in [3.63, 3.8) is 0 Å². The molecule has 4 aromatic rings. The molecule has 13 nitrogen and oxygen atoms in total. The van der Waals surface area contributed by atoms with Gasteiger partial charge in [-0.05, 0) is 69.6 Å². The number of nitrogens with zero attached hydrogens (tertiary/aromatic N) is 6. The molecule has 240 valence electrons. The predicted molar refractivity (Wildman–Crippen MR) is 169 cm³/mol. The minimum Gasteiger partial charge on any atom is -0.394 e. The molecule has 0 aliphatic carbocycles. The number of hydrogen-bond acceptors (Lipinski definition) is 12. The summed E-state index contributed by atoms with van der Waals surface area (Å²) < 4.78 is 5.83. The van der Waals surface area contributed by atoms with E-state index in [0.717, 1.165) is 44.5 Å². The highest BCUT2D eigenvalue weighted by Gasteiger charge is 2.46. The van der Waals surface area contributed by atoms with Crippen molar-refractivity contribution >= 4 is 23.4 Å². The average molecular weight is 627 g/mol. The molecule has 6 heterocycles. The van der Waals surface area contributed by atoms with Gasteiger partial charge in [0, 0.05) is 35.5 Å². The summed E-state index contributed by atoms with van der Waals surface area (Å²) in [6, 6.07) is 13.4. The number of anilines is 3. The van der Waals surface area contributed by atoms with Gasteiger partial charge in [-0.2, -0.15) is 9.97 Å². The Morgan fingerprint density at radius 2 is 1.78 bits per heavy atom. The molecule has 46 heavy (non-hydrogen) atoms. The third-order valence-electron chi connectivity index (χ3n) is 10.1. The molecular formula is C33H38N8O5. The molecule has 2 unspecified atom stereocenters. The zero-order valence-corrected chi connectivity index (χ0v) is 25.8. The Kier molecular flexibility index (Phi) is 7.71. The van der Waals surface area contributed by atoms with Gasteiger partial charge in [-0.3, -0.25) is 4.79 Å². The molecule has 0 spiro atoms. The number of fused-ring (bicyclic) bond motifs is 4. The molecule has 1 amide bonds. The third kappa shape index (κ3) is 5.09. The highest BCUT2D eigenvalue weighted by Crippen LogP contribution is 2.43. The molecule has 2 aromatic carbocycles. The minimum absolute atomic E-state index is 0.0965. The highest BCUT2D eigenvalue weighted by molar-refractivity contribution is 5.98. The summed E-state index contributed by atoms with van der Waals surface area (Å²) in [6.45, 7) is 4.01. The summed E-state index contributed by atoms with van der Waals surface area (Å²) in [7, 11) is 1.60. The first-order valence-corrected chi connectivity index (χ1v) is 15.6. The lowest BCUT2D eigenvalue weighted by molar-refractivity contribution is -0.0761. The number of aliphatic hydroxyl groups excluding tert-OH is 2. The van der Waals surface area contributed by atoms with Crippen LogP contribution in [0.4, 0.5) is 17.5 Å². The second-order valence-electron chi connectivity index (χ2n) is 12.6. The van der Waals surface area contributed by atoms with E-state index in [9.17, 15) is 20.1 Å². The van der Waals surface area contributed by atoms with Crippen LogP contribution in [0.25, 0.3) is 11.5 Å². The predicted octanol–water partition coefficient (Wildman–Crippen LogP) is 2.81. The Morgan fingerprint density at radius 1 is 1.04 bits per heavy atom. The Bertz CT molecular complexity index is 1730. The number of aromatic nitrogens is 4. The van der Waals surface area contributed by atoms with Crippen LogP contribution in [0, 0.1) is 0 Å². The first kappa shape index (κ1) is 30.2. The molecule has 4 aliphatic heterocycles. The van der Waals surface area contributed by atoms with E-state index >= 15 is 0 Å². The lowest BCUT2D eigenvalue weighted by atomic mass is 9.71. The average Bonchev–Trinajstić information content (AvgIpc) is 3.61. The number of piperidine rings is 3. The van der Waals surface area contributed by atoms with Crippen molar-refractivity contribution in [2.24, 2.45) is 0 Å². The van der Waals surface area contributed by atoms with Crippen LogP contribution in [0.3, 0.4) is 0 Å². The van der Waals surface area contributed by atoms with Crippen LogP contribution in [-0.4, -0.2) is 97.1 Å². The van der Waals surface area contributed by atoms with Crippen molar-refractivity contribution in [2.75, 3.05) is 50.5 Å². The molecule has 4 aliphatic rings. The summed E-state index contributed by atoms with van der Waals surface area (Å²) in [6.07, 6.45) is 4.57. The van der Waals surface area contributed by atoms with Gasteiger partial charge in [-0.25, -0.2) is 4.98 Å². The monoisotopic (exact) mass is 626 g/mol. The van der Waals surface area contributed by atoms with Crippen molar-refractivity contribution < 1.29 is 24.6 Å². The van der Waals surface area contributed by atoms with E-state index in [4.69, 9.17) is 14.5 Å². The lowest BCUT2D eigenvalue weighted by Crippen LogP contribution is -2.56. The molecule has 3 atom stereocenters. The van der Waals surface area contributed by atoms with Gasteiger partial charge in [0.05, 0.1) is 25.3 Å².